The van der Waals surface area contributed by atoms with Gasteiger partial charge >= 0.3 is 0 Å². The summed E-state index contributed by atoms with van der Waals surface area (Å²) in [6.07, 6.45) is 2.52. The number of nitrogens with one attached hydrogen (secondary N) is 2. The number of amides is 1. The topological polar surface area (TPSA) is 126 Å². The molecule has 0 unspecified atom stereocenters. The van der Waals surface area contributed by atoms with E-state index in [1.165, 1.54) is 29.7 Å². The van der Waals surface area contributed by atoms with Gasteiger partial charge in [-0.1, -0.05) is 11.6 Å². The highest BCUT2D eigenvalue weighted by molar-refractivity contribution is 7.90. The third-order valence-electron chi connectivity index (χ3n) is 4.33. The number of carbonyl (C=O) groups excluding carboxylic acids is 1. The van der Waals surface area contributed by atoms with E-state index in [0.717, 1.165) is 16.6 Å². The largest absolute Gasteiger partial charge is 0.325 e. The number of carbonyl (C=O) groups is 1. The number of halogens is 2. The maximum absolute atomic E-state index is 13.4. The normalized spacial score (nSPS) is 22.0. The van der Waals surface area contributed by atoms with Crippen LogP contribution in [0.15, 0.2) is 29.8 Å². The monoisotopic (exact) mass is 496 g/mol. The Kier molecular flexibility index (Phi) is 6.79. The molecule has 1 aromatic heterocycles. The van der Waals surface area contributed by atoms with E-state index in [4.69, 9.17) is 11.6 Å². The fourth-order valence-corrected chi connectivity index (χ4v) is 6.08. The molecule has 0 bridgehead atoms. The molecule has 164 valence electrons. The summed E-state index contributed by atoms with van der Waals surface area (Å²) in [6.45, 7) is -0.402. The van der Waals surface area contributed by atoms with Crippen LogP contribution < -0.4 is 10.0 Å². The number of hydrogen-bond donors (Lipinski definition) is 2. The van der Waals surface area contributed by atoms with Crippen LogP contribution in [0.3, 0.4) is 0 Å². The standard InChI is InChI=1S/C16H18ClFN4O5S3/c1-29(24,25)7-5-22-14(15(23)20-10-2-3-12(18)11(17)8-10)9-13(21-30(22,26)27)16-19-4-6-28-16/h2-4,6,8,13-14,21H,5,7,9H2,1H3,(H,20,23)/t13-,14+/m0/s1. The van der Waals surface area contributed by atoms with Gasteiger partial charge in [-0.05, 0) is 24.6 Å². The van der Waals surface area contributed by atoms with Crippen LogP contribution in [0.1, 0.15) is 17.5 Å². The quantitative estimate of drug-likeness (QED) is 0.625. The molecule has 1 amide bonds. The fraction of sp³-hybridized carbons (Fsp3) is 0.375. The number of hydrogen-bond acceptors (Lipinski definition) is 7. The van der Waals surface area contributed by atoms with Crippen molar-refractivity contribution in [3.63, 3.8) is 0 Å². The molecule has 1 fully saturated rings. The molecule has 3 rings (SSSR count). The van der Waals surface area contributed by atoms with Gasteiger partial charge in [0.25, 0.3) is 10.2 Å². The summed E-state index contributed by atoms with van der Waals surface area (Å²) in [7, 11) is -7.67. The second kappa shape index (κ2) is 8.85. The Morgan fingerprint density at radius 2 is 2.20 bits per heavy atom. The SMILES string of the molecule is CS(=O)(=O)CCN1[C@@H](C(=O)Nc2ccc(F)c(Cl)c2)C[C@@H](c2nccs2)NS1(=O)=O. The summed E-state index contributed by atoms with van der Waals surface area (Å²) in [6, 6.07) is 1.58. The van der Waals surface area contributed by atoms with Crippen LogP contribution in [0.2, 0.25) is 5.02 Å². The molecule has 0 aliphatic carbocycles. The Labute approximate surface area is 182 Å². The number of sulfone groups is 1. The number of anilines is 1. The van der Waals surface area contributed by atoms with Crippen molar-refractivity contribution in [2.24, 2.45) is 0 Å². The van der Waals surface area contributed by atoms with E-state index in [-0.39, 0.29) is 17.1 Å². The van der Waals surface area contributed by atoms with Gasteiger partial charge in [-0.25, -0.2) is 17.8 Å². The van der Waals surface area contributed by atoms with Crippen molar-refractivity contribution in [1.29, 1.82) is 0 Å². The van der Waals surface area contributed by atoms with Crippen LogP contribution in [-0.4, -0.2) is 56.6 Å². The minimum absolute atomic E-state index is 0.0251. The molecule has 9 nitrogen and oxygen atoms in total. The zero-order valence-corrected chi connectivity index (χ0v) is 18.8. The predicted molar refractivity (Wildman–Crippen MR) is 112 cm³/mol. The number of nitrogens with zero attached hydrogens (tertiary/aromatic N) is 2. The molecule has 2 aromatic rings. The number of benzene rings is 1. The summed E-state index contributed by atoms with van der Waals surface area (Å²) in [4.78, 5) is 17.1. The van der Waals surface area contributed by atoms with E-state index < -0.39 is 56.2 Å². The minimum atomic E-state index is -4.18. The van der Waals surface area contributed by atoms with E-state index in [0.29, 0.717) is 5.01 Å². The molecule has 1 aliphatic heterocycles. The molecule has 0 saturated carbocycles. The molecule has 0 radical (unpaired) electrons. The summed E-state index contributed by atoms with van der Waals surface area (Å²) in [5.41, 5.74) is 0.177. The Balaban J connectivity index is 1.90. The lowest BCUT2D eigenvalue weighted by Gasteiger charge is -2.37. The van der Waals surface area contributed by atoms with Crippen LogP contribution in [0.25, 0.3) is 0 Å². The molecular formula is C16H18ClFN4O5S3. The van der Waals surface area contributed by atoms with Crippen LogP contribution in [0, 0.1) is 5.82 Å². The van der Waals surface area contributed by atoms with Crippen molar-refractivity contribution in [2.45, 2.75) is 18.5 Å². The smallest absolute Gasteiger partial charge is 0.280 e. The first-order chi connectivity index (χ1) is 14.0. The Morgan fingerprint density at radius 3 is 2.80 bits per heavy atom. The van der Waals surface area contributed by atoms with Gasteiger partial charge in [0.05, 0.1) is 16.8 Å². The first-order valence-electron chi connectivity index (χ1n) is 8.58. The Bertz CT molecular complexity index is 1140. The molecule has 2 heterocycles. The van der Waals surface area contributed by atoms with Crippen LogP contribution in [-0.2, 0) is 24.8 Å². The summed E-state index contributed by atoms with van der Waals surface area (Å²) < 4.78 is 65.4. The van der Waals surface area contributed by atoms with Gasteiger partial charge < -0.3 is 5.32 Å². The Hall–Kier alpha value is -1.64. The van der Waals surface area contributed by atoms with Gasteiger partial charge in [0, 0.05) is 30.1 Å². The highest BCUT2D eigenvalue weighted by atomic mass is 35.5. The second-order valence-corrected chi connectivity index (χ2v) is 11.9. The molecule has 1 saturated heterocycles. The summed E-state index contributed by atoms with van der Waals surface area (Å²) >= 11 is 6.96. The molecule has 14 heteroatoms. The van der Waals surface area contributed by atoms with Crippen molar-refractivity contribution < 1.29 is 26.0 Å². The van der Waals surface area contributed by atoms with E-state index in [1.807, 2.05) is 0 Å². The van der Waals surface area contributed by atoms with E-state index in [9.17, 15) is 26.0 Å². The molecule has 1 aliphatic rings. The highest BCUT2D eigenvalue weighted by Crippen LogP contribution is 2.30. The third-order valence-corrected chi connectivity index (χ3v) is 8.07. The average Bonchev–Trinajstić information content (AvgIpc) is 3.16. The predicted octanol–water partition coefficient (Wildman–Crippen LogP) is 1.57. The number of thiazole rings is 1. The molecule has 30 heavy (non-hydrogen) atoms. The molecule has 1 aromatic carbocycles. The molecule has 0 spiro atoms. The van der Waals surface area contributed by atoms with E-state index in [1.54, 1.807) is 5.38 Å². The highest BCUT2D eigenvalue weighted by Gasteiger charge is 2.43. The number of aromatic nitrogens is 1. The van der Waals surface area contributed by atoms with Crippen molar-refractivity contribution in [3.05, 3.63) is 45.6 Å². The van der Waals surface area contributed by atoms with Gasteiger partial charge in [-0.15, -0.1) is 11.3 Å². The van der Waals surface area contributed by atoms with Crippen molar-refractivity contribution in [3.8, 4) is 0 Å². The van der Waals surface area contributed by atoms with E-state index in [2.05, 4.69) is 15.0 Å². The van der Waals surface area contributed by atoms with Gasteiger partial charge in [0.1, 0.15) is 26.7 Å². The van der Waals surface area contributed by atoms with Gasteiger partial charge in [0.2, 0.25) is 5.91 Å². The first-order valence-corrected chi connectivity index (χ1v) is 13.3. The van der Waals surface area contributed by atoms with Crippen molar-refractivity contribution >= 4 is 54.6 Å². The zero-order chi connectivity index (χ0) is 22.1. The number of rotatable bonds is 6. The first kappa shape index (κ1) is 23.0. The van der Waals surface area contributed by atoms with Gasteiger partial charge in [-0.3, -0.25) is 4.79 Å². The van der Waals surface area contributed by atoms with Gasteiger partial charge in [0.15, 0.2) is 0 Å². The van der Waals surface area contributed by atoms with E-state index >= 15 is 0 Å². The van der Waals surface area contributed by atoms with Gasteiger partial charge in [-0.2, -0.15) is 17.4 Å². The van der Waals surface area contributed by atoms with Crippen molar-refractivity contribution in [1.82, 2.24) is 14.0 Å². The molecule has 2 N–H and O–H groups in total. The van der Waals surface area contributed by atoms with Crippen LogP contribution in [0.4, 0.5) is 10.1 Å². The zero-order valence-electron chi connectivity index (χ0n) is 15.6. The van der Waals surface area contributed by atoms with Crippen LogP contribution >= 0.6 is 22.9 Å². The molecule has 2 atom stereocenters. The second-order valence-electron chi connectivity index (χ2n) is 6.66. The molecular weight excluding hydrogens is 479 g/mol. The minimum Gasteiger partial charge on any atom is -0.325 e. The lowest BCUT2D eigenvalue weighted by molar-refractivity contribution is -0.120. The Morgan fingerprint density at radius 1 is 1.47 bits per heavy atom. The summed E-state index contributed by atoms with van der Waals surface area (Å²) in [5.74, 6) is -1.82. The van der Waals surface area contributed by atoms with Crippen LogP contribution in [0.5, 0.6) is 0 Å². The fourth-order valence-electron chi connectivity index (χ4n) is 2.93. The maximum atomic E-state index is 13.4. The lowest BCUT2D eigenvalue weighted by atomic mass is 10.1. The summed E-state index contributed by atoms with van der Waals surface area (Å²) in [5, 5.41) is 4.46. The maximum Gasteiger partial charge on any atom is 0.280 e. The van der Waals surface area contributed by atoms with Crippen molar-refractivity contribution in [2.75, 3.05) is 23.9 Å². The lowest BCUT2D eigenvalue weighted by Crippen LogP contribution is -2.58. The average molecular weight is 497 g/mol. The third kappa shape index (κ3) is 5.53.